The zero-order chi connectivity index (χ0) is 10.1. The summed E-state index contributed by atoms with van der Waals surface area (Å²) in [6.07, 6.45) is 2.86. The van der Waals surface area contributed by atoms with Crippen molar-refractivity contribution in [2.45, 2.75) is 26.8 Å². The summed E-state index contributed by atoms with van der Waals surface area (Å²) in [4.78, 5) is 11.8. The highest BCUT2D eigenvalue weighted by Gasteiger charge is 2.18. The van der Waals surface area contributed by atoms with Gasteiger partial charge < -0.3 is 5.32 Å². The molecule has 14 heavy (non-hydrogen) atoms. The zero-order valence-electron chi connectivity index (χ0n) is 8.71. The summed E-state index contributed by atoms with van der Waals surface area (Å²) in [6, 6.07) is 2.04. The van der Waals surface area contributed by atoms with Crippen LogP contribution in [0, 0.1) is 5.92 Å². The molecule has 1 aliphatic heterocycles. The minimum Gasteiger partial charge on any atom is -0.312 e. The fourth-order valence-corrected chi connectivity index (χ4v) is 1.86. The lowest BCUT2D eigenvalue weighted by molar-refractivity contribution is 0.0851. The smallest absolute Gasteiger partial charge is 0.233 e. The van der Waals surface area contributed by atoms with Crippen molar-refractivity contribution in [2.24, 2.45) is 5.92 Å². The molecule has 3 heteroatoms. The number of aromatic nitrogens is 1. The summed E-state index contributed by atoms with van der Waals surface area (Å²) in [5.74, 6) is 0.273. The third-order valence-electron chi connectivity index (χ3n) is 2.67. The molecule has 0 radical (unpaired) electrons. The van der Waals surface area contributed by atoms with Crippen LogP contribution in [-0.4, -0.2) is 17.0 Å². The minimum atomic E-state index is 0.0707. The van der Waals surface area contributed by atoms with E-state index in [0.29, 0.717) is 0 Å². The summed E-state index contributed by atoms with van der Waals surface area (Å²) in [5, 5.41) is 3.30. The third kappa shape index (κ3) is 1.48. The SMILES string of the molecule is CC(C)C(=O)n1ccc2c1CCNC2. The molecule has 0 spiro atoms. The lowest BCUT2D eigenvalue weighted by atomic mass is 10.1. The van der Waals surface area contributed by atoms with E-state index in [1.165, 1.54) is 11.3 Å². The van der Waals surface area contributed by atoms with Crippen LogP contribution in [0.5, 0.6) is 0 Å². The second-order valence-electron chi connectivity index (χ2n) is 4.08. The lowest BCUT2D eigenvalue weighted by Crippen LogP contribution is -2.27. The molecule has 2 heterocycles. The highest BCUT2D eigenvalue weighted by molar-refractivity contribution is 5.81. The minimum absolute atomic E-state index is 0.0707. The first-order valence-corrected chi connectivity index (χ1v) is 5.14. The Morgan fingerprint density at radius 3 is 3.07 bits per heavy atom. The molecule has 0 saturated heterocycles. The maximum atomic E-state index is 11.8. The van der Waals surface area contributed by atoms with E-state index in [9.17, 15) is 4.79 Å². The molecule has 2 rings (SSSR count). The van der Waals surface area contributed by atoms with Crippen molar-refractivity contribution in [1.29, 1.82) is 0 Å². The summed E-state index contributed by atoms with van der Waals surface area (Å²) >= 11 is 0. The number of nitrogens with one attached hydrogen (secondary N) is 1. The van der Waals surface area contributed by atoms with E-state index in [-0.39, 0.29) is 11.8 Å². The van der Waals surface area contributed by atoms with Crippen molar-refractivity contribution in [3.63, 3.8) is 0 Å². The maximum Gasteiger partial charge on any atom is 0.233 e. The average molecular weight is 192 g/mol. The molecule has 0 atom stereocenters. The highest BCUT2D eigenvalue weighted by Crippen LogP contribution is 2.16. The lowest BCUT2D eigenvalue weighted by Gasteiger charge is -2.16. The van der Waals surface area contributed by atoms with Crippen molar-refractivity contribution in [2.75, 3.05) is 6.54 Å². The van der Waals surface area contributed by atoms with Gasteiger partial charge in [0.1, 0.15) is 0 Å². The van der Waals surface area contributed by atoms with Crippen LogP contribution in [0.4, 0.5) is 0 Å². The number of hydrogen-bond acceptors (Lipinski definition) is 2. The molecule has 1 aromatic heterocycles. The van der Waals surface area contributed by atoms with Crippen molar-refractivity contribution in [3.8, 4) is 0 Å². The standard InChI is InChI=1S/C11H16N2O/c1-8(2)11(14)13-6-4-9-7-12-5-3-10(9)13/h4,6,8,12H,3,5,7H2,1-2H3. The number of carbonyl (C=O) groups is 1. The third-order valence-corrected chi connectivity index (χ3v) is 2.67. The summed E-state index contributed by atoms with van der Waals surface area (Å²) in [7, 11) is 0. The molecule has 0 bridgehead atoms. The number of rotatable bonds is 1. The van der Waals surface area contributed by atoms with Gasteiger partial charge in [-0.3, -0.25) is 9.36 Å². The van der Waals surface area contributed by atoms with Gasteiger partial charge in [-0.15, -0.1) is 0 Å². The van der Waals surface area contributed by atoms with Crippen LogP contribution >= 0.6 is 0 Å². The van der Waals surface area contributed by atoms with Crippen LogP contribution in [0.15, 0.2) is 12.3 Å². The van der Waals surface area contributed by atoms with Gasteiger partial charge in [-0.1, -0.05) is 13.8 Å². The Hall–Kier alpha value is -1.09. The summed E-state index contributed by atoms with van der Waals surface area (Å²) < 4.78 is 1.82. The van der Waals surface area contributed by atoms with Crippen molar-refractivity contribution >= 4 is 5.91 Å². The quantitative estimate of drug-likeness (QED) is 0.730. The first-order valence-electron chi connectivity index (χ1n) is 5.14. The first kappa shape index (κ1) is 9.46. The largest absolute Gasteiger partial charge is 0.312 e. The molecule has 1 aliphatic rings. The van der Waals surface area contributed by atoms with Gasteiger partial charge in [0.15, 0.2) is 0 Å². The van der Waals surface area contributed by atoms with Crippen LogP contribution in [0.2, 0.25) is 0 Å². The van der Waals surface area contributed by atoms with Gasteiger partial charge in [-0.05, 0) is 11.6 Å². The molecule has 0 fully saturated rings. The topological polar surface area (TPSA) is 34.0 Å². The number of carbonyl (C=O) groups excluding carboxylic acids is 1. The number of hydrogen-bond donors (Lipinski definition) is 1. The Kier molecular flexibility index (Phi) is 2.42. The normalized spacial score (nSPS) is 15.6. The first-order chi connectivity index (χ1) is 6.70. The monoisotopic (exact) mass is 192 g/mol. The predicted molar refractivity (Wildman–Crippen MR) is 55.3 cm³/mol. The van der Waals surface area contributed by atoms with Gasteiger partial charge in [0, 0.05) is 37.3 Å². The van der Waals surface area contributed by atoms with Crippen LogP contribution in [0.1, 0.15) is 29.9 Å². The van der Waals surface area contributed by atoms with Crippen molar-refractivity contribution in [3.05, 3.63) is 23.5 Å². The van der Waals surface area contributed by atoms with E-state index in [2.05, 4.69) is 5.32 Å². The van der Waals surface area contributed by atoms with Crippen LogP contribution in [-0.2, 0) is 13.0 Å². The molecule has 1 N–H and O–H groups in total. The number of nitrogens with zero attached hydrogens (tertiary/aromatic N) is 1. The molecule has 3 nitrogen and oxygen atoms in total. The highest BCUT2D eigenvalue weighted by atomic mass is 16.2. The van der Waals surface area contributed by atoms with Gasteiger partial charge in [0.05, 0.1) is 0 Å². The second-order valence-corrected chi connectivity index (χ2v) is 4.08. The Labute approximate surface area is 84.1 Å². The van der Waals surface area contributed by atoms with E-state index in [4.69, 9.17) is 0 Å². The maximum absolute atomic E-state index is 11.8. The molecule has 1 aromatic rings. The molecular weight excluding hydrogens is 176 g/mol. The van der Waals surface area contributed by atoms with Crippen LogP contribution in [0.25, 0.3) is 0 Å². The van der Waals surface area contributed by atoms with Gasteiger partial charge in [-0.25, -0.2) is 0 Å². The van der Waals surface area contributed by atoms with E-state index >= 15 is 0 Å². The van der Waals surface area contributed by atoms with Crippen molar-refractivity contribution < 1.29 is 4.79 Å². The fourth-order valence-electron chi connectivity index (χ4n) is 1.86. The van der Waals surface area contributed by atoms with E-state index in [1.807, 2.05) is 30.7 Å². The predicted octanol–water partition coefficient (Wildman–Crippen LogP) is 1.43. The number of fused-ring (bicyclic) bond motifs is 1. The average Bonchev–Trinajstić information content (AvgIpc) is 2.60. The molecule has 76 valence electrons. The van der Waals surface area contributed by atoms with Gasteiger partial charge in [0.2, 0.25) is 5.91 Å². The summed E-state index contributed by atoms with van der Waals surface area (Å²) in [5.41, 5.74) is 2.47. The molecule has 0 amide bonds. The van der Waals surface area contributed by atoms with E-state index in [1.54, 1.807) is 0 Å². The van der Waals surface area contributed by atoms with Gasteiger partial charge in [0.25, 0.3) is 0 Å². The zero-order valence-corrected chi connectivity index (χ0v) is 8.71. The second kappa shape index (κ2) is 3.58. The Balaban J connectivity index is 2.35. The Morgan fingerprint density at radius 2 is 2.36 bits per heavy atom. The Morgan fingerprint density at radius 1 is 1.57 bits per heavy atom. The molecule has 0 aromatic carbocycles. The molecule has 0 unspecified atom stereocenters. The van der Waals surface area contributed by atoms with E-state index < -0.39 is 0 Å². The fraction of sp³-hybridized carbons (Fsp3) is 0.545. The van der Waals surface area contributed by atoms with Gasteiger partial charge in [-0.2, -0.15) is 0 Å². The van der Waals surface area contributed by atoms with E-state index in [0.717, 1.165) is 19.5 Å². The molecule has 0 saturated carbocycles. The summed E-state index contributed by atoms with van der Waals surface area (Å²) in [6.45, 7) is 5.75. The van der Waals surface area contributed by atoms with Gasteiger partial charge >= 0.3 is 0 Å². The van der Waals surface area contributed by atoms with Crippen molar-refractivity contribution in [1.82, 2.24) is 9.88 Å². The Bertz CT molecular complexity index is 352. The van der Waals surface area contributed by atoms with Crippen LogP contribution in [0.3, 0.4) is 0 Å². The molecular formula is C11H16N2O. The molecule has 0 aliphatic carbocycles. The van der Waals surface area contributed by atoms with Crippen LogP contribution < -0.4 is 5.32 Å².